The fourth-order valence-electron chi connectivity index (χ4n) is 2.86. The van der Waals surface area contributed by atoms with Gasteiger partial charge in [0.2, 0.25) is 0 Å². The van der Waals surface area contributed by atoms with Crippen LogP contribution in [-0.2, 0) is 17.8 Å². The summed E-state index contributed by atoms with van der Waals surface area (Å²) in [5, 5.41) is 13.0. The van der Waals surface area contributed by atoms with E-state index < -0.39 is 6.10 Å². The van der Waals surface area contributed by atoms with Crippen molar-refractivity contribution >= 4 is 5.91 Å². The zero-order chi connectivity index (χ0) is 17.4. The summed E-state index contributed by atoms with van der Waals surface area (Å²) in [6.45, 7) is 7.99. The summed E-state index contributed by atoms with van der Waals surface area (Å²) >= 11 is 0. The van der Waals surface area contributed by atoms with Crippen molar-refractivity contribution in [3.05, 3.63) is 71.8 Å². The molecule has 0 aliphatic carbocycles. The van der Waals surface area contributed by atoms with Crippen molar-refractivity contribution < 1.29 is 9.90 Å². The van der Waals surface area contributed by atoms with E-state index in [0.29, 0.717) is 12.1 Å². The minimum Gasteiger partial charge on any atom is -0.390 e. The van der Waals surface area contributed by atoms with Gasteiger partial charge in [-0.25, -0.2) is 0 Å². The van der Waals surface area contributed by atoms with Crippen molar-refractivity contribution in [2.75, 3.05) is 19.6 Å². The van der Waals surface area contributed by atoms with Crippen LogP contribution in [0, 0.1) is 0 Å². The van der Waals surface area contributed by atoms with Gasteiger partial charge in [0.1, 0.15) is 0 Å². The number of rotatable bonds is 7. The maximum atomic E-state index is 12.1. The second-order valence-electron chi connectivity index (χ2n) is 5.96. The molecule has 24 heavy (non-hydrogen) atoms. The number of hydrogen-bond donors (Lipinski definition) is 2. The topological polar surface area (TPSA) is 52.6 Å². The van der Waals surface area contributed by atoms with Gasteiger partial charge in [-0.15, -0.1) is 0 Å². The lowest BCUT2D eigenvalue weighted by molar-refractivity contribution is -0.117. The number of carbonyl (C=O) groups is 1. The van der Waals surface area contributed by atoms with Gasteiger partial charge >= 0.3 is 0 Å². The van der Waals surface area contributed by atoms with Gasteiger partial charge in [0, 0.05) is 31.8 Å². The van der Waals surface area contributed by atoms with E-state index in [1.54, 1.807) is 24.3 Å². The fourth-order valence-corrected chi connectivity index (χ4v) is 2.86. The van der Waals surface area contributed by atoms with Crippen LogP contribution < -0.4 is 5.32 Å². The molecule has 4 heteroatoms. The van der Waals surface area contributed by atoms with Crippen molar-refractivity contribution in [2.24, 2.45) is 0 Å². The van der Waals surface area contributed by atoms with E-state index >= 15 is 0 Å². The van der Waals surface area contributed by atoms with E-state index in [1.807, 2.05) is 13.0 Å². The molecule has 0 bridgehead atoms. The van der Waals surface area contributed by atoms with E-state index in [0.717, 1.165) is 19.5 Å². The van der Waals surface area contributed by atoms with E-state index in [9.17, 15) is 9.90 Å². The standard InChI is InChI=1S/C20H26N2O2/c1-3-5-8-16(4-2)20(24)21-13-19(23)15-22-12-11-17-9-6-7-10-18(17)14-22/h3-10,19,23H,1,11-15H2,2H3,(H,21,24)/b8-5-,16-4+/t19-/m0/s1. The Balaban J connectivity index is 1.80. The van der Waals surface area contributed by atoms with Crippen LogP contribution in [-0.4, -0.2) is 41.7 Å². The van der Waals surface area contributed by atoms with Crippen LogP contribution in [0.3, 0.4) is 0 Å². The van der Waals surface area contributed by atoms with Crippen LogP contribution in [0.15, 0.2) is 60.7 Å². The van der Waals surface area contributed by atoms with Crippen LogP contribution in [0.1, 0.15) is 18.1 Å². The molecular formula is C20H26N2O2. The summed E-state index contributed by atoms with van der Waals surface area (Å²) in [6.07, 6.45) is 7.21. The number of aliphatic hydroxyl groups is 1. The predicted octanol–water partition coefficient (Wildman–Crippen LogP) is 2.21. The Morgan fingerprint density at radius 3 is 2.88 bits per heavy atom. The normalized spacial score (nSPS) is 16.7. The van der Waals surface area contributed by atoms with Crippen molar-refractivity contribution in [1.29, 1.82) is 0 Å². The minimum atomic E-state index is -0.583. The van der Waals surface area contributed by atoms with E-state index in [-0.39, 0.29) is 12.5 Å². The monoisotopic (exact) mass is 326 g/mol. The highest BCUT2D eigenvalue weighted by atomic mass is 16.3. The molecule has 0 aromatic heterocycles. The fraction of sp³-hybridized carbons (Fsp3) is 0.350. The first-order chi connectivity index (χ1) is 11.6. The maximum Gasteiger partial charge on any atom is 0.251 e. The van der Waals surface area contributed by atoms with Gasteiger partial charge in [-0.1, -0.05) is 49.1 Å². The summed E-state index contributed by atoms with van der Waals surface area (Å²) < 4.78 is 0. The first-order valence-electron chi connectivity index (χ1n) is 8.35. The quantitative estimate of drug-likeness (QED) is 0.597. The Kier molecular flexibility index (Phi) is 6.97. The lowest BCUT2D eigenvalue weighted by Gasteiger charge is -2.30. The molecule has 2 N–H and O–H groups in total. The number of nitrogens with one attached hydrogen (secondary N) is 1. The number of amides is 1. The number of aliphatic hydroxyl groups excluding tert-OH is 1. The molecule has 0 spiro atoms. The van der Waals surface area contributed by atoms with Crippen LogP contribution in [0.4, 0.5) is 0 Å². The van der Waals surface area contributed by atoms with Gasteiger partial charge in [-0.3, -0.25) is 9.69 Å². The zero-order valence-corrected chi connectivity index (χ0v) is 14.2. The van der Waals surface area contributed by atoms with Gasteiger partial charge in [0.05, 0.1) is 6.10 Å². The summed E-state index contributed by atoms with van der Waals surface area (Å²) in [4.78, 5) is 14.3. The number of allylic oxidation sites excluding steroid dienone is 3. The first kappa shape index (κ1) is 18.2. The van der Waals surface area contributed by atoms with Gasteiger partial charge in [0.15, 0.2) is 0 Å². The molecule has 1 aromatic rings. The Labute approximate surface area is 144 Å². The van der Waals surface area contributed by atoms with Gasteiger partial charge < -0.3 is 10.4 Å². The van der Waals surface area contributed by atoms with Crippen LogP contribution in [0.5, 0.6) is 0 Å². The molecule has 1 atom stereocenters. The first-order valence-corrected chi connectivity index (χ1v) is 8.35. The number of β-amino-alcohol motifs (C(OH)–C–C–N with tert-alkyl or cyclic N) is 1. The van der Waals surface area contributed by atoms with Crippen molar-refractivity contribution in [3.63, 3.8) is 0 Å². The second-order valence-corrected chi connectivity index (χ2v) is 5.96. The smallest absolute Gasteiger partial charge is 0.251 e. The van der Waals surface area contributed by atoms with E-state index in [2.05, 4.69) is 35.0 Å². The predicted molar refractivity (Wildman–Crippen MR) is 97.5 cm³/mol. The summed E-state index contributed by atoms with van der Waals surface area (Å²) in [5.41, 5.74) is 3.28. The molecule has 0 saturated carbocycles. The molecule has 1 aliphatic heterocycles. The summed E-state index contributed by atoms with van der Waals surface area (Å²) in [6, 6.07) is 8.42. The zero-order valence-electron chi connectivity index (χ0n) is 14.2. The lowest BCUT2D eigenvalue weighted by Crippen LogP contribution is -2.42. The number of nitrogens with zero attached hydrogens (tertiary/aromatic N) is 1. The van der Waals surface area contributed by atoms with E-state index in [1.165, 1.54) is 11.1 Å². The molecule has 1 aliphatic rings. The molecule has 0 saturated heterocycles. The summed E-state index contributed by atoms with van der Waals surface area (Å²) in [5.74, 6) is -0.182. The third-order valence-electron chi connectivity index (χ3n) is 4.16. The Morgan fingerprint density at radius 2 is 2.17 bits per heavy atom. The third kappa shape index (κ3) is 5.18. The van der Waals surface area contributed by atoms with Crippen molar-refractivity contribution in [1.82, 2.24) is 10.2 Å². The highest BCUT2D eigenvalue weighted by Gasteiger charge is 2.18. The van der Waals surface area contributed by atoms with Crippen molar-refractivity contribution in [3.8, 4) is 0 Å². The third-order valence-corrected chi connectivity index (χ3v) is 4.16. The Bertz CT molecular complexity index is 634. The second kappa shape index (κ2) is 9.21. The molecule has 1 heterocycles. The summed E-state index contributed by atoms with van der Waals surface area (Å²) in [7, 11) is 0. The van der Waals surface area contributed by atoms with Gasteiger partial charge in [-0.05, 0) is 30.5 Å². The average molecular weight is 326 g/mol. The molecule has 1 amide bonds. The molecule has 0 radical (unpaired) electrons. The molecule has 4 nitrogen and oxygen atoms in total. The highest BCUT2D eigenvalue weighted by molar-refractivity contribution is 5.96. The lowest BCUT2D eigenvalue weighted by atomic mass is 10.00. The molecule has 1 aromatic carbocycles. The molecule has 0 unspecified atom stereocenters. The molecule has 0 fully saturated rings. The highest BCUT2D eigenvalue weighted by Crippen LogP contribution is 2.18. The largest absolute Gasteiger partial charge is 0.390 e. The Hall–Kier alpha value is -2.17. The Morgan fingerprint density at radius 1 is 1.42 bits per heavy atom. The number of benzene rings is 1. The number of fused-ring (bicyclic) bond motifs is 1. The molecule has 128 valence electrons. The minimum absolute atomic E-state index is 0.182. The van der Waals surface area contributed by atoms with Gasteiger partial charge in [-0.2, -0.15) is 0 Å². The molecule has 2 rings (SSSR count). The van der Waals surface area contributed by atoms with Crippen LogP contribution >= 0.6 is 0 Å². The SMILES string of the molecule is C=C/C=C\C(=C/C)C(=O)NC[C@H](O)CN1CCc2ccccc2C1. The van der Waals surface area contributed by atoms with Crippen LogP contribution in [0.2, 0.25) is 0 Å². The number of hydrogen-bond acceptors (Lipinski definition) is 3. The van der Waals surface area contributed by atoms with Crippen molar-refractivity contribution in [2.45, 2.75) is 26.0 Å². The maximum absolute atomic E-state index is 12.1. The average Bonchev–Trinajstić information content (AvgIpc) is 2.60. The molecular weight excluding hydrogens is 300 g/mol. The van der Waals surface area contributed by atoms with Crippen LogP contribution in [0.25, 0.3) is 0 Å². The van der Waals surface area contributed by atoms with E-state index in [4.69, 9.17) is 0 Å². The number of carbonyl (C=O) groups excluding carboxylic acids is 1. The van der Waals surface area contributed by atoms with Gasteiger partial charge in [0.25, 0.3) is 5.91 Å².